The van der Waals surface area contributed by atoms with Crippen molar-refractivity contribution in [2.24, 2.45) is 0 Å². The van der Waals surface area contributed by atoms with E-state index < -0.39 is 5.54 Å². The lowest BCUT2D eigenvalue weighted by atomic mass is 9.97. The van der Waals surface area contributed by atoms with Gasteiger partial charge in [0, 0.05) is 18.7 Å². The predicted octanol–water partition coefficient (Wildman–Crippen LogP) is 2.83. The average Bonchev–Trinajstić information content (AvgIpc) is 3.31. The largest absolute Gasteiger partial charge is 0.350 e. The standard InChI is InChI=1S/C22H23FN4O2/c1-3-14-12-25-26-19(14)21(29)27-10-4-9-22(27,2)13-24-20(28)16-7-8-18(23)17(11-16)15-5-6-15/h1,7-8,11-12,15H,4-6,9-10,13H2,2H3,(H,24,28)(H,25,26). The molecule has 2 amide bonds. The number of likely N-dealkylation sites (tertiary alicyclic amines) is 1. The Kier molecular flexibility index (Phi) is 4.87. The second kappa shape index (κ2) is 7.36. The zero-order chi connectivity index (χ0) is 20.6. The summed E-state index contributed by atoms with van der Waals surface area (Å²) in [4.78, 5) is 27.4. The van der Waals surface area contributed by atoms with E-state index in [9.17, 15) is 14.0 Å². The number of rotatable bonds is 5. The second-order valence-corrected chi connectivity index (χ2v) is 8.05. The Morgan fingerprint density at radius 3 is 2.97 bits per heavy atom. The molecule has 1 atom stereocenters. The van der Waals surface area contributed by atoms with E-state index in [-0.39, 0.29) is 23.5 Å². The molecule has 2 fully saturated rings. The number of carbonyl (C=O) groups excluding carboxylic acids is 2. The lowest BCUT2D eigenvalue weighted by Gasteiger charge is -2.35. The van der Waals surface area contributed by atoms with Crippen LogP contribution in [0, 0.1) is 18.2 Å². The lowest BCUT2D eigenvalue weighted by molar-refractivity contribution is 0.0604. The van der Waals surface area contributed by atoms with Gasteiger partial charge in [-0.05, 0) is 62.3 Å². The maximum atomic E-state index is 14.0. The minimum atomic E-state index is -0.539. The van der Waals surface area contributed by atoms with Gasteiger partial charge in [0.2, 0.25) is 0 Å². The maximum absolute atomic E-state index is 14.0. The highest BCUT2D eigenvalue weighted by Gasteiger charge is 2.41. The molecule has 4 rings (SSSR count). The monoisotopic (exact) mass is 394 g/mol. The fraction of sp³-hybridized carbons (Fsp3) is 0.409. The highest BCUT2D eigenvalue weighted by molar-refractivity contribution is 5.96. The molecule has 2 aromatic rings. The molecule has 1 saturated heterocycles. The number of terminal acetylenes is 1. The van der Waals surface area contributed by atoms with Crippen LogP contribution in [0.3, 0.4) is 0 Å². The van der Waals surface area contributed by atoms with Crippen LogP contribution < -0.4 is 5.32 Å². The summed E-state index contributed by atoms with van der Waals surface area (Å²) in [5.74, 6) is 1.94. The van der Waals surface area contributed by atoms with Crippen LogP contribution in [0.1, 0.15) is 70.5 Å². The molecule has 150 valence electrons. The number of hydrogen-bond donors (Lipinski definition) is 2. The van der Waals surface area contributed by atoms with Crippen LogP contribution in [-0.2, 0) is 0 Å². The molecule has 1 aliphatic carbocycles. The first kappa shape index (κ1) is 19.2. The van der Waals surface area contributed by atoms with Crippen molar-refractivity contribution in [3.05, 3.63) is 52.6 Å². The van der Waals surface area contributed by atoms with Gasteiger partial charge in [0.15, 0.2) is 0 Å². The van der Waals surface area contributed by atoms with Crippen molar-refractivity contribution in [1.29, 1.82) is 0 Å². The molecule has 29 heavy (non-hydrogen) atoms. The molecular weight excluding hydrogens is 371 g/mol. The SMILES string of the molecule is C#Cc1cn[nH]c1C(=O)N1CCCC1(C)CNC(=O)c1ccc(F)c(C2CC2)c1. The fourth-order valence-electron chi connectivity index (χ4n) is 4.01. The minimum absolute atomic E-state index is 0.220. The smallest absolute Gasteiger partial charge is 0.273 e. The number of aromatic amines is 1. The molecule has 1 aromatic heterocycles. The van der Waals surface area contributed by atoms with Crippen molar-refractivity contribution >= 4 is 11.8 Å². The van der Waals surface area contributed by atoms with Crippen LogP contribution in [0.2, 0.25) is 0 Å². The molecular formula is C22H23FN4O2. The van der Waals surface area contributed by atoms with Crippen LogP contribution in [-0.4, -0.2) is 45.5 Å². The van der Waals surface area contributed by atoms with Crippen molar-refractivity contribution in [2.75, 3.05) is 13.1 Å². The number of halogens is 1. The second-order valence-electron chi connectivity index (χ2n) is 8.05. The third kappa shape index (κ3) is 3.63. The third-order valence-corrected chi connectivity index (χ3v) is 5.91. The number of aromatic nitrogens is 2. The Morgan fingerprint density at radius 1 is 1.45 bits per heavy atom. The molecule has 1 aliphatic heterocycles. The summed E-state index contributed by atoms with van der Waals surface area (Å²) < 4.78 is 14.0. The zero-order valence-electron chi connectivity index (χ0n) is 16.3. The average molecular weight is 394 g/mol. The number of hydrogen-bond acceptors (Lipinski definition) is 3. The first-order valence-corrected chi connectivity index (χ1v) is 9.82. The Morgan fingerprint density at radius 2 is 2.24 bits per heavy atom. The van der Waals surface area contributed by atoms with Crippen LogP contribution in [0.5, 0.6) is 0 Å². The van der Waals surface area contributed by atoms with Gasteiger partial charge >= 0.3 is 0 Å². The van der Waals surface area contributed by atoms with Gasteiger partial charge in [-0.1, -0.05) is 5.92 Å². The van der Waals surface area contributed by atoms with Gasteiger partial charge in [-0.15, -0.1) is 6.42 Å². The van der Waals surface area contributed by atoms with Crippen molar-refractivity contribution in [1.82, 2.24) is 20.4 Å². The molecule has 0 spiro atoms. The number of nitrogens with one attached hydrogen (secondary N) is 2. The molecule has 1 saturated carbocycles. The summed E-state index contributed by atoms with van der Waals surface area (Å²) in [6.07, 6.45) is 10.4. The lowest BCUT2D eigenvalue weighted by Crippen LogP contribution is -2.52. The zero-order valence-corrected chi connectivity index (χ0v) is 16.3. The number of benzene rings is 1. The quantitative estimate of drug-likeness (QED) is 0.766. The van der Waals surface area contributed by atoms with Crippen LogP contribution >= 0.6 is 0 Å². The van der Waals surface area contributed by atoms with Crippen molar-refractivity contribution in [2.45, 2.75) is 44.1 Å². The summed E-state index contributed by atoms with van der Waals surface area (Å²) in [5, 5.41) is 9.47. The van der Waals surface area contributed by atoms with E-state index in [1.807, 2.05) is 6.92 Å². The van der Waals surface area contributed by atoms with E-state index in [0.29, 0.717) is 35.5 Å². The van der Waals surface area contributed by atoms with Crippen LogP contribution in [0.25, 0.3) is 0 Å². The van der Waals surface area contributed by atoms with E-state index in [1.54, 1.807) is 11.0 Å². The molecule has 7 heteroatoms. The van der Waals surface area contributed by atoms with Gasteiger partial charge in [-0.3, -0.25) is 14.7 Å². The number of carbonyl (C=O) groups is 2. The van der Waals surface area contributed by atoms with Crippen LogP contribution in [0.4, 0.5) is 4.39 Å². The van der Waals surface area contributed by atoms with Gasteiger partial charge < -0.3 is 10.2 Å². The van der Waals surface area contributed by atoms with Gasteiger partial charge in [0.1, 0.15) is 11.5 Å². The minimum Gasteiger partial charge on any atom is -0.350 e. The van der Waals surface area contributed by atoms with Gasteiger partial charge in [0.25, 0.3) is 11.8 Å². The van der Waals surface area contributed by atoms with E-state index in [0.717, 1.165) is 25.7 Å². The third-order valence-electron chi connectivity index (χ3n) is 5.91. The van der Waals surface area contributed by atoms with Crippen LogP contribution in [0.15, 0.2) is 24.4 Å². The number of H-pyrrole nitrogens is 1. The summed E-state index contributed by atoms with van der Waals surface area (Å²) in [6, 6.07) is 4.50. The normalized spacial score (nSPS) is 21.1. The molecule has 2 heterocycles. The maximum Gasteiger partial charge on any atom is 0.273 e. The topological polar surface area (TPSA) is 78.1 Å². The highest BCUT2D eigenvalue weighted by atomic mass is 19.1. The molecule has 0 bridgehead atoms. The highest BCUT2D eigenvalue weighted by Crippen LogP contribution is 2.41. The summed E-state index contributed by atoms with van der Waals surface area (Å²) in [6.45, 7) is 2.83. The van der Waals surface area contributed by atoms with Gasteiger partial charge in [-0.25, -0.2) is 4.39 Å². The van der Waals surface area contributed by atoms with E-state index >= 15 is 0 Å². The predicted molar refractivity (Wildman–Crippen MR) is 106 cm³/mol. The Labute approximate surface area is 168 Å². The number of amides is 2. The molecule has 2 N–H and O–H groups in total. The van der Waals surface area contributed by atoms with E-state index in [2.05, 4.69) is 21.4 Å². The van der Waals surface area contributed by atoms with Crippen molar-refractivity contribution < 1.29 is 14.0 Å². The first-order chi connectivity index (χ1) is 13.9. The van der Waals surface area contributed by atoms with E-state index in [1.165, 1.54) is 18.3 Å². The number of nitrogens with zero attached hydrogens (tertiary/aromatic N) is 2. The Hall–Kier alpha value is -3.14. The van der Waals surface area contributed by atoms with Gasteiger partial charge in [-0.2, -0.15) is 5.10 Å². The summed E-state index contributed by atoms with van der Waals surface area (Å²) >= 11 is 0. The van der Waals surface area contributed by atoms with Crippen molar-refractivity contribution in [3.63, 3.8) is 0 Å². The Bertz CT molecular complexity index is 1000. The van der Waals surface area contributed by atoms with E-state index in [4.69, 9.17) is 6.42 Å². The summed E-state index contributed by atoms with van der Waals surface area (Å²) in [7, 11) is 0. The molecule has 0 radical (unpaired) electrons. The molecule has 1 aromatic carbocycles. The molecule has 1 unspecified atom stereocenters. The first-order valence-electron chi connectivity index (χ1n) is 9.82. The van der Waals surface area contributed by atoms with Gasteiger partial charge in [0.05, 0.1) is 17.3 Å². The Balaban J connectivity index is 1.47. The molecule has 6 nitrogen and oxygen atoms in total. The molecule has 2 aliphatic rings. The fourth-order valence-corrected chi connectivity index (χ4v) is 4.01. The van der Waals surface area contributed by atoms with Crippen molar-refractivity contribution in [3.8, 4) is 12.3 Å². The summed E-state index contributed by atoms with van der Waals surface area (Å²) in [5.41, 5.74) is 1.23.